The molecule has 0 spiro atoms. The van der Waals surface area contributed by atoms with Crippen molar-refractivity contribution in [2.75, 3.05) is 5.32 Å². The zero-order valence-electron chi connectivity index (χ0n) is 12.3. The molecule has 2 aromatic carbocycles. The van der Waals surface area contributed by atoms with E-state index in [2.05, 4.69) is 26.2 Å². The number of aromatic nitrogens is 1. The normalized spacial score (nSPS) is 10.5. The number of halogens is 1. The number of pyridine rings is 1. The molecule has 1 amide bonds. The maximum absolute atomic E-state index is 12.3. The van der Waals surface area contributed by atoms with Crippen molar-refractivity contribution in [3.63, 3.8) is 0 Å². The third kappa shape index (κ3) is 3.14. The zero-order chi connectivity index (χ0) is 16.4. The molecule has 0 fully saturated rings. The van der Waals surface area contributed by atoms with Crippen molar-refractivity contribution in [1.29, 1.82) is 0 Å². The first kappa shape index (κ1) is 15.4. The van der Waals surface area contributed by atoms with Crippen LogP contribution in [0.15, 0.2) is 53.1 Å². The highest BCUT2D eigenvalue weighted by molar-refractivity contribution is 9.10. The van der Waals surface area contributed by atoms with Crippen LogP contribution in [0.2, 0.25) is 0 Å². The lowest BCUT2D eigenvalue weighted by atomic mass is 10.1. The van der Waals surface area contributed by atoms with Gasteiger partial charge in [-0.15, -0.1) is 0 Å². The van der Waals surface area contributed by atoms with Crippen LogP contribution in [0.4, 0.5) is 5.69 Å². The lowest BCUT2D eigenvalue weighted by Gasteiger charge is -2.11. The standard InChI is InChI=1S/C18H13BrN2O2/c1-11-16(21-18(23)13-2-5-15(19)6-3-13)7-4-14-8-12(10-22)9-20-17(11)14/h2-10H,1H3,(H,21,23). The second-order valence-corrected chi connectivity index (χ2v) is 6.07. The molecule has 3 aromatic rings. The first-order valence-corrected chi connectivity index (χ1v) is 7.79. The summed E-state index contributed by atoms with van der Waals surface area (Å²) < 4.78 is 0.922. The molecule has 5 heteroatoms. The number of fused-ring (bicyclic) bond motifs is 1. The van der Waals surface area contributed by atoms with Gasteiger partial charge in [-0.25, -0.2) is 0 Å². The van der Waals surface area contributed by atoms with Crippen molar-refractivity contribution in [2.45, 2.75) is 6.92 Å². The number of hydrogen-bond acceptors (Lipinski definition) is 3. The van der Waals surface area contributed by atoms with Gasteiger partial charge >= 0.3 is 0 Å². The van der Waals surface area contributed by atoms with E-state index >= 15 is 0 Å². The van der Waals surface area contributed by atoms with Crippen molar-refractivity contribution in [3.05, 3.63) is 69.8 Å². The molecule has 1 heterocycles. The number of anilines is 1. The van der Waals surface area contributed by atoms with E-state index in [1.54, 1.807) is 18.2 Å². The predicted molar refractivity (Wildman–Crippen MR) is 94.0 cm³/mol. The predicted octanol–water partition coefficient (Wildman–Crippen LogP) is 4.37. The molecule has 0 saturated carbocycles. The minimum atomic E-state index is -0.176. The molecule has 0 saturated heterocycles. The fourth-order valence-corrected chi connectivity index (χ4v) is 2.62. The molecular weight excluding hydrogens is 356 g/mol. The third-order valence-corrected chi connectivity index (χ3v) is 4.15. The number of hydrogen-bond donors (Lipinski definition) is 1. The Bertz CT molecular complexity index is 905. The average molecular weight is 369 g/mol. The number of nitrogens with zero attached hydrogens (tertiary/aromatic N) is 1. The van der Waals surface area contributed by atoms with E-state index in [-0.39, 0.29) is 5.91 Å². The first-order chi connectivity index (χ1) is 11.1. The van der Waals surface area contributed by atoms with E-state index in [0.29, 0.717) is 16.8 Å². The summed E-state index contributed by atoms with van der Waals surface area (Å²) >= 11 is 3.35. The fraction of sp³-hybridized carbons (Fsp3) is 0.0556. The van der Waals surface area contributed by atoms with Gasteiger partial charge < -0.3 is 5.32 Å². The molecule has 3 rings (SSSR count). The molecule has 4 nitrogen and oxygen atoms in total. The number of benzene rings is 2. The van der Waals surface area contributed by atoms with E-state index in [0.717, 1.165) is 27.2 Å². The van der Waals surface area contributed by atoms with Gasteiger partial charge in [0.25, 0.3) is 5.91 Å². The second kappa shape index (κ2) is 6.30. The van der Waals surface area contributed by atoms with E-state index in [4.69, 9.17) is 0 Å². The van der Waals surface area contributed by atoms with Crippen LogP contribution in [0, 0.1) is 6.92 Å². The number of carbonyl (C=O) groups is 2. The molecule has 0 aliphatic heterocycles. The lowest BCUT2D eigenvalue weighted by Crippen LogP contribution is -2.12. The van der Waals surface area contributed by atoms with Gasteiger partial charge in [0, 0.05) is 32.9 Å². The number of aldehydes is 1. The smallest absolute Gasteiger partial charge is 0.255 e. The fourth-order valence-electron chi connectivity index (χ4n) is 2.36. The number of amides is 1. The van der Waals surface area contributed by atoms with E-state index in [1.807, 2.05) is 31.2 Å². The summed E-state index contributed by atoms with van der Waals surface area (Å²) in [4.78, 5) is 27.5. The van der Waals surface area contributed by atoms with Crippen LogP contribution in [-0.4, -0.2) is 17.2 Å². The summed E-state index contributed by atoms with van der Waals surface area (Å²) in [6.45, 7) is 1.90. The van der Waals surface area contributed by atoms with Crippen LogP contribution in [0.1, 0.15) is 26.3 Å². The molecule has 1 N–H and O–H groups in total. The molecule has 0 aliphatic carbocycles. The molecule has 0 aliphatic rings. The molecule has 0 atom stereocenters. The summed E-state index contributed by atoms with van der Waals surface area (Å²) in [5, 5.41) is 3.77. The van der Waals surface area contributed by atoms with E-state index < -0.39 is 0 Å². The molecule has 0 bridgehead atoms. The highest BCUT2D eigenvalue weighted by Crippen LogP contribution is 2.25. The van der Waals surface area contributed by atoms with Crippen molar-refractivity contribution in [1.82, 2.24) is 4.98 Å². The quantitative estimate of drug-likeness (QED) is 0.698. The first-order valence-electron chi connectivity index (χ1n) is 7.00. The van der Waals surface area contributed by atoms with Crippen molar-refractivity contribution in [3.8, 4) is 0 Å². The van der Waals surface area contributed by atoms with Crippen LogP contribution in [0.25, 0.3) is 10.9 Å². The Labute approximate surface area is 141 Å². The highest BCUT2D eigenvalue weighted by atomic mass is 79.9. The van der Waals surface area contributed by atoms with Gasteiger partial charge in [-0.2, -0.15) is 0 Å². The van der Waals surface area contributed by atoms with Crippen molar-refractivity contribution < 1.29 is 9.59 Å². The molecule has 0 radical (unpaired) electrons. The molecule has 114 valence electrons. The van der Waals surface area contributed by atoms with Gasteiger partial charge in [0.2, 0.25) is 0 Å². The SMILES string of the molecule is Cc1c(NC(=O)c2ccc(Br)cc2)ccc2cc(C=O)cnc12. The van der Waals surface area contributed by atoms with E-state index in [9.17, 15) is 9.59 Å². The maximum Gasteiger partial charge on any atom is 0.255 e. The zero-order valence-corrected chi connectivity index (χ0v) is 13.9. The van der Waals surface area contributed by atoms with Crippen LogP contribution >= 0.6 is 15.9 Å². The Hall–Kier alpha value is -2.53. The number of nitrogens with one attached hydrogen (secondary N) is 1. The van der Waals surface area contributed by atoms with Crippen LogP contribution in [-0.2, 0) is 0 Å². The monoisotopic (exact) mass is 368 g/mol. The van der Waals surface area contributed by atoms with E-state index in [1.165, 1.54) is 6.20 Å². The summed E-state index contributed by atoms with van der Waals surface area (Å²) in [5.74, 6) is -0.176. The van der Waals surface area contributed by atoms with Crippen LogP contribution < -0.4 is 5.32 Å². The summed E-state index contributed by atoms with van der Waals surface area (Å²) in [6.07, 6.45) is 2.30. The van der Waals surface area contributed by atoms with Gasteiger partial charge in [-0.3, -0.25) is 14.6 Å². The molecule has 1 aromatic heterocycles. The summed E-state index contributed by atoms with van der Waals surface area (Å²) in [7, 11) is 0. The summed E-state index contributed by atoms with van der Waals surface area (Å²) in [5.41, 5.74) is 3.45. The Kier molecular flexibility index (Phi) is 4.21. The van der Waals surface area contributed by atoms with Crippen LogP contribution in [0.3, 0.4) is 0 Å². The molecule has 23 heavy (non-hydrogen) atoms. The van der Waals surface area contributed by atoms with Gasteiger partial charge in [0.1, 0.15) is 0 Å². The number of aryl methyl sites for hydroxylation is 1. The molecule has 0 unspecified atom stereocenters. The number of rotatable bonds is 3. The largest absolute Gasteiger partial charge is 0.322 e. The Morgan fingerprint density at radius 2 is 1.91 bits per heavy atom. The van der Waals surface area contributed by atoms with Gasteiger partial charge in [0.15, 0.2) is 6.29 Å². The lowest BCUT2D eigenvalue weighted by molar-refractivity contribution is 0.102. The maximum atomic E-state index is 12.3. The van der Waals surface area contributed by atoms with Crippen molar-refractivity contribution in [2.24, 2.45) is 0 Å². The number of carbonyl (C=O) groups excluding carboxylic acids is 2. The minimum Gasteiger partial charge on any atom is -0.322 e. The van der Waals surface area contributed by atoms with Gasteiger partial charge in [0.05, 0.1) is 5.52 Å². The Morgan fingerprint density at radius 3 is 2.61 bits per heavy atom. The Morgan fingerprint density at radius 1 is 1.17 bits per heavy atom. The second-order valence-electron chi connectivity index (χ2n) is 5.16. The third-order valence-electron chi connectivity index (χ3n) is 3.62. The minimum absolute atomic E-state index is 0.176. The topological polar surface area (TPSA) is 59.1 Å². The Balaban J connectivity index is 1.94. The van der Waals surface area contributed by atoms with Gasteiger partial charge in [-0.1, -0.05) is 22.0 Å². The van der Waals surface area contributed by atoms with Crippen molar-refractivity contribution >= 4 is 44.7 Å². The highest BCUT2D eigenvalue weighted by Gasteiger charge is 2.10. The summed E-state index contributed by atoms with van der Waals surface area (Å²) in [6, 6.07) is 12.6. The average Bonchev–Trinajstić information content (AvgIpc) is 2.57. The van der Waals surface area contributed by atoms with Gasteiger partial charge in [-0.05, 0) is 48.9 Å². The van der Waals surface area contributed by atoms with Crippen LogP contribution in [0.5, 0.6) is 0 Å². The molecular formula is C18H13BrN2O2.